The normalized spacial score (nSPS) is 15.0. The number of rotatable bonds is 5. The van der Waals surface area contributed by atoms with Gasteiger partial charge in [-0.2, -0.15) is 0 Å². The van der Waals surface area contributed by atoms with E-state index in [0.29, 0.717) is 6.04 Å². The molecule has 2 heteroatoms. The lowest BCUT2D eigenvalue weighted by Gasteiger charge is -2.31. The largest absolute Gasteiger partial charge is 0.330 e. The molecule has 4 N–H and O–H groups in total. The lowest BCUT2D eigenvalue weighted by molar-refractivity contribution is 0.255. The van der Waals surface area contributed by atoms with Gasteiger partial charge < -0.3 is 11.5 Å². The fraction of sp³-hybridized carbons (Fsp3) is 1.00. The highest BCUT2D eigenvalue weighted by Gasteiger charge is 2.24. The van der Waals surface area contributed by atoms with Crippen molar-refractivity contribution in [1.82, 2.24) is 0 Å². The van der Waals surface area contributed by atoms with Crippen molar-refractivity contribution in [3.63, 3.8) is 0 Å². The quantitative estimate of drug-likeness (QED) is 0.637. The van der Waals surface area contributed by atoms with E-state index in [1.54, 1.807) is 0 Å². The number of hydrogen-bond donors (Lipinski definition) is 2. The van der Waals surface area contributed by atoms with Crippen LogP contribution in [0.4, 0.5) is 0 Å². The van der Waals surface area contributed by atoms with Crippen LogP contribution in [0.2, 0.25) is 0 Å². The fourth-order valence-corrected chi connectivity index (χ4v) is 1.26. The second-order valence-corrected chi connectivity index (χ2v) is 3.92. The summed E-state index contributed by atoms with van der Waals surface area (Å²) in [5.74, 6) is 0. The molecule has 0 fully saturated rings. The summed E-state index contributed by atoms with van der Waals surface area (Å²) in [6.45, 7) is 7.29. The van der Waals surface area contributed by atoms with E-state index in [1.165, 1.54) is 0 Å². The molecule has 11 heavy (non-hydrogen) atoms. The van der Waals surface area contributed by atoms with Gasteiger partial charge in [0.05, 0.1) is 0 Å². The Morgan fingerprint density at radius 2 is 1.91 bits per heavy atom. The van der Waals surface area contributed by atoms with Crippen LogP contribution in [-0.2, 0) is 0 Å². The zero-order chi connectivity index (χ0) is 8.91. The van der Waals surface area contributed by atoms with Gasteiger partial charge in [-0.05, 0) is 24.8 Å². The van der Waals surface area contributed by atoms with Crippen molar-refractivity contribution < 1.29 is 0 Å². The summed E-state index contributed by atoms with van der Waals surface area (Å²) in [5, 5.41) is 0. The van der Waals surface area contributed by atoms with E-state index in [9.17, 15) is 0 Å². The molecule has 0 aliphatic carbocycles. The van der Waals surface area contributed by atoms with Crippen LogP contribution >= 0.6 is 0 Å². The number of hydrogen-bond acceptors (Lipinski definition) is 2. The van der Waals surface area contributed by atoms with Crippen LogP contribution in [0.25, 0.3) is 0 Å². The molecule has 0 heterocycles. The minimum atomic E-state index is 0.213. The standard InChI is InChI=1S/C9H22N2/c1-4-5-8(11)9(2,3)6-7-10/h8H,4-7,10-11H2,1-3H3. The maximum atomic E-state index is 5.99. The minimum Gasteiger partial charge on any atom is -0.330 e. The predicted octanol–water partition coefficient (Wildman–Crippen LogP) is 1.49. The highest BCUT2D eigenvalue weighted by Crippen LogP contribution is 2.25. The van der Waals surface area contributed by atoms with E-state index in [-0.39, 0.29) is 5.41 Å². The summed E-state index contributed by atoms with van der Waals surface area (Å²) < 4.78 is 0. The van der Waals surface area contributed by atoms with E-state index in [2.05, 4.69) is 20.8 Å². The molecule has 0 aliphatic heterocycles. The Bertz CT molecular complexity index is 99.7. The van der Waals surface area contributed by atoms with Gasteiger partial charge >= 0.3 is 0 Å². The maximum absolute atomic E-state index is 5.99. The molecule has 1 unspecified atom stereocenters. The summed E-state index contributed by atoms with van der Waals surface area (Å²) in [6, 6.07) is 0.302. The van der Waals surface area contributed by atoms with Crippen LogP contribution in [0.15, 0.2) is 0 Å². The van der Waals surface area contributed by atoms with Crippen LogP contribution in [0.3, 0.4) is 0 Å². The topological polar surface area (TPSA) is 52.0 Å². The summed E-state index contributed by atoms with van der Waals surface area (Å²) in [7, 11) is 0. The third-order valence-corrected chi connectivity index (χ3v) is 2.39. The molecular weight excluding hydrogens is 136 g/mol. The molecule has 0 rings (SSSR count). The Labute approximate surface area is 70.3 Å². The first-order valence-corrected chi connectivity index (χ1v) is 4.50. The van der Waals surface area contributed by atoms with E-state index in [4.69, 9.17) is 11.5 Å². The molecule has 1 atom stereocenters. The molecule has 0 aromatic carbocycles. The SMILES string of the molecule is CCCC(N)C(C)(C)CCN. The molecular formula is C9H22N2. The first-order valence-electron chi connectivity index (χ1n) is 4.50. The predicted molar refractivity (Wildman–Crippen MR) is 50.3 cm³/mol. The molecule has 0 radical (unpaired) electrons. The van der Waals surface area contributed by atoms with Crippen molar-refractivity contribution in [3.8, 4) is 0 Å². The van der Waals surface area contributed by atoms with Gasteiger partial charge in [0.25, 0.3) is 0 Å². The molecule has 0 saturated heterocycles. The van der Waals surface area contributed by atoms with E-state index >= 15 is 0 Å². The van der Waals surface area contributed by atoms with Gasteiger partial charge in [-0.1, -0.05) is 27.2 Å². The van der Waals surface area contributed by atoms with Crippen molar-refractivity contribution in [2.24, 2.45) is 16.9 Å². The van der Waals surface area contributed by atoms with Crippen molar-refractivity contribution in [1.29, 1.82) is 0 Å². The van der Waals surface area contributed by atoms with Crippen LogP contribution in [0, 0.1) is 5.41 Å². The Hall–Kier alpha value is -0.0800. The second-order valence-electron chi connectivity index (χ2n) is 3.92. The molecule has 0 aliphatic rings. The van der Waals surface area contributed by atoms with Gasteiger partial charge in [0, 0.05) is 6.04 Å². The monoisotopic (exact) mass is 158 g/mol. The van der Waals surface area contributed by atoms with Gasteiger partial charge in [0.1, 0.15) is 0 Å². The Morgan fingerprint density at radius 3 is 2.27 bits per heavy atom. The average molecular weight is 158 g/mol. The Morgan fingerprint density at radius 1 is 1.36 bits per heavy atom. The first kappa shape index (κ1) is 10.9. The van der Waals surface area contributed by atoms with Crippen molar-refractivity contribution in [2.45, 2.75) is 46.1 Å². The third kappa shape index (κ3) is 3.73. The summed E-state index contributed by atoms with van der Waals surface area (Å²) in [4.78, 5) is 0. The van der Waals surface area contributed by atoms with Crippen LogP contribution in [0.5, 0.6) is 0 Å². The minimum absolute atomic E-state index is 0.213. The molecule has 0 spiro atoms. The van der Waals surface area contributed by atoms with E-state index in [0.717, 1.165) is 25.8 Å². The van der Waals surface area contributed by atoms with Crippen LogP contribution in [0.1, 0.15) is 40.0 Å². The number of nitrogens with two attached hydrogens (primary N) is 2. The summed E-state index contributed by atoms with van der Waals surface area (Å²) >= 11 is 0. The third-order valence-electron chi connectivity index (χ3n) is 2.39. The molecule has 0 amide bonds. The average Bonchev–Trinajstić information content (AvgIpc) is 1.88. The second kappa shape index (κ2) is 4.73. The van der Waals surface area contributed by atoms with Gasteiger partial charge in [0.15, 0.2) is 0 Å². The smallest absolute Gasteiger partial charge is 0.00906 e. The Balaban J connectivity index is 3.83. The van der Waals surface area contributed by atoms with Gasteiger partial charge in [-0.25, -0.2) is 0 Å². The molecule has 0 aromatic rings. The highest BCUT2D eigenvalue weighted by molar-refractivity contribution is 4.80. The lowest BCUT2D eigenvalue weighted by Crippen LogP contribution is -2.38. The van der Waals surface area contributed by atoms with Gasteiger partial charge in [0.2, 0.25) is 0 Å². The molecule has 0 aromatic heterocycles. The Kier molecular flexibility index (Phi) is 4.69. The summed E-state index contributed by atoms with van der Waals surface area (Å²) in [6.07, 6.45) is 3.29. The lowest BCUT2D eigenvalue weighted by atomic mass is 9.80. The highest BCUT2D eigenvalue weighted by atomic mass is 14.7. The van der Waals surface area contributed by atoms with Gasteiger partial charge in [-0.15, -0.1) is 0 Å². The van der Waals surface area contributed by atoms with Gasteiger partial charge in [-0.3, -0.25) is 0 Å². The van der Waals surface area contributed by atoms with Crippen LogP contribution in [-0.4, -0.2) is 12.6 Å². The molecule has 2 nitrogen and oxygen atoms in total. The summed E-state index contributed by atoms with van der Waals surface area (Å²) in [5.41, 5.74) is 11.7. The molecule has 68 valence electrons. The van der Waals surface area contributed by atoms with Crippen LogP contribution < -0.4 is 11.5 Å². The zero-order valence-electron chi connectivity index (χ0n) is 8.06. The molecule has 0 saturated carbocycles. The first-order chi connectivity index (χ1) is 5.04. The van der Waals surface area contributed by atoms with E-state index in [1.807, 2.05) is 0 Å². The van der Waals surface area contributed by atoms with Crippen molar-refractivity contribution in [3.05, 3.63) is 0 Å². The zero-order valence-corrected chi connectivity index (χ0v) is 8.06. The van der Waals surface area contributed by atoms with E-state index < -0.39 is 0 Å². The molecule has 0 bridgehead atoms. The van der Waals surface area contributed by atoms with Crippen molar-refractivity contribution >= 4 is 0 Å². The fourth-order valence-electron chi connectivity index (χ4n) is 1.26. The maximum Gasteiger partial charge on any atom is 0.00906 e. The van der Waals surface area contributed by atoms with Crippen molar-refractivity contribution in [2.75, 3.05) is 6.54 Å².